The number of phenols is 1. The maximum atomic E-state index is 8.95. The average Bonchev–Trinajstić information content (AvgIpc) is 1.80. The average molecular weight is 199 g/mol. The van der Waals surface area contributed by atoms with Crippen LogP contribution in [0.15, 0.2) is 18.2 Å². The van der Waals surface area contributed by atoms with Crippen LogP contribution in [0, 0.1) is 0 Å². The highest BCUT2D eigenvalue weighted by Crippen LogP contribution is 2.18. The molecule has 0 atom stereocenters. The van der Waals surface area contributed by atoms with Crippen LogP contribution in [0.4, 0.5) is 11.4 Å². The molecule has 0 aliphatic carbocycles. The molecule has 0 saturated carbocycles. The maximum Gasteiger partial charge on any atom is 0.177 e. The minimum atomic E-state index is 0. The van der Waals surface area contributed by atoms with Crippen LogP contribution in [0.25, 0.3) is 0 Å². The zero-order valence-electron chi connectivity index (χ0n) is 5.91. The van der Waals surface area contributed by atoms with E-state index >= 15 is 0 Å². The van der Waals surface area contributed by atoms with Crippen LogP contribution < -0.4 is 11.5 Å². The smallest absolute Gasteiger partial charge is 0.177 e. The topological polar surface area (TPSA) is 75.5 Å². The zero-order valence-corrected chi connectivity index (χ0v) is 7.54. The van der Waals surface area contributed by atoms with Crippen molar-refractivity contribution in [3.8, 4) is 5.75 Å². The fourth-order valence-corrected chi connectivity index (χ4v) is 0.639. The molecule has 0 aliphatic rings. The number of quaternary nitrogens is 2. The first kappa shape index (κ1) is 13.1. The second-order valence-corrected chi connectivity index (χ2v) is 1.96. The highest BCUT2D eigenvalue weighted by molar-refractivity contribution is 5.85. The summed E-state index contributed by atoms with van der Waals surface area (Å²) in [6, 6.07) is 5.06. The van der Waals surface area contributed by atoms with E-state index in [1.165, 1.54) is 0 Å². The molecular weight excluding hydrogens is 187 g/mol. The van der Waals surface area contributed by atoms with E-state index in [-0.39, 0.29) is 30.6 Å². The van der Waals surface area contributed by atoms with Gasteiger partial charge < -0.3 is 16.6 Å². The lowest BCUT2D eigenvalue weighted by atomic mass is 10.3. The molecule has 1 aromatic carbocycles. The Morgan fingerprint density at radius 2 is 1.64 bits per heavy atom. The van der Waals surface area contributed by atoms with E-state index in [4.69, 9.17) is 5.11 Å². The van der Waals surface area contributed by atoms with Crippen molar-refractivity contribution in [2.24, 2.45) is 0 Å². The molecule has 11 heavy (non-hydrogen) atoms. The van der Waals surface area contributed by atoms with E-state index in [9.17, 15) is 0 Å². The number of aromatic hydroxyl groups is 1. The maximum absolute atomic E-state index is 8.95. The molecule has 7 N–H and O–H groups in total. The van der Waals surface area contributed by atoms with Gasteiger partial charge in [-0.1, -0.05) is 0 Å². The Bertz CT molecular complexity index is 230. The summed E-state index contributed by atoms with van der Waals surface area (Å²) in [4.78, 5) is 0. The standard InChI is InChI=1S/C6H8N2O.2ClH/c7-4-1-2-6(9)5(8)3-4;;/h1-3,9H,7-8H2;2*1H/p+2. The molecule has 5 heteroatoms. The highest BCUT2D eigenvalue weighted by atomic mass is 35.5. The number of halogens is 2. The highest BCUT2D eigenvalue weighted by Gasteiger charge is 1.99. The molecule has 0 aliphatic heterocycles. The SMILES string of the molecule is Cl.Cl.[NH3+]c1ccc(O)c([NH3+])c1. The van der Waals surface area contributed by atoms with E-state index < -0.39 is 0 Å². The van der Waals surface area contributed by atoms with E-state index in [1.54, 1.807) is 18.2 Å². The molecule has 0 fully saturated rings. The third-order valence-corrected chi connectivity index (χ3v) is 1.14. The second kappa shape index (κ2) is 5.21. The molecule has 0 spiro atoms. The van der Waals surface area contributed by atoms with Gasteiger partial charge >= 0.3 is 0 Å². The lowest BCUT2D eigenvalue weighted by Crippen LogP contribution is -2.44. The summed E-state index contributed by atoms with van der Waals surface area (Å²) in [6.45, 7) is 0. The van der Waals surface area contributed by atoms with Crippen LogP contribution in [0.3, 0.4) is 0 Å². The summed E-state index contributed by atoms with van der Waals surface area (Å²) in [7, 11) is 0. The van der Waals surface area contributed by atoms with Crippen LogP contribution in [0.5, 0.6) is 5.75 Å². The molecule has 0 unspecified atom stereocenters. The molecule has 3 nitrogen and oxygen atoms in total. The summed E-state index contributed by atoms with van der Waals surface area (Å²) in [5.41, 5.74) is 8.76. The Balaban J connectivity index is 0. The predicted molar refractivity (Wildman–Crippen MR) is 47.7 cm³/mol. The largest absolute Gasteiger partial charge is 0.503 e. The lowest BCUT2D eigenvalue weighted by Gasteiger charge is -1.91. The third-order valence-electron chi connectivity index (χ3n) is 1.14. The molecule has 0 saturated heterocycles. The monoisotopic (exact) mass is 198 g/mol. The van der Waals surface area contributed by atoms with E-state index in [0.29, 0.717) is 5.69 Å². The van der Waals surface area contributed by atoms with Crippen molar-refractivity contribution >= 4 is 36.2 Å². The van der Waals surface area contributed by atoms with Crippen LogP contribution in [0.1, 0.15) is 0 Å². The number of hydrogen-bond acceptors (Lipinski definition) is 1. The fraction of sp³-hybridized carbons (Fsp3) is 0. The Kier molecular flexibility index (Phi) is 6.22. The van der Waals surface area contributed by atoms with Gasteiger partial charge in [0.05, 0.1) is 6.07 Å². The third kappa shape index (κ3) is 3.43. The number of hydrogen-bond donors (Lipinski definition) is 3. The van der Waals surface area contributed by atoms with Gasteiger partial charge in [0, 0.05) is 6.07 Å². The first-order chi connectivity index (χ1) is 4.20. The fourth-order valence-electron chi connectivity index (χ4n) is 0.639. The molecule has 1 aromatic rings. The molecule has 0 aromatic heterocycles. The Labute approximate surface area is 77.2 Å². The van der Waals surface area contributed by atoms with Crippen molar-refractivity contribution in [3.63, 3.8) is 0 Å². The van der Waals surface area contributed by atoms with Gasteiger partial charge in [0.2, 0.25) is 0 Å². The minimum Gasteiger partial charge on any atom is -0.503 e. The lowest BCUT2D eigenvalue weighted by molar-refractivity contribution is -0.266. The van der Waals surface area contributed by atoms with Crippen molar-refractivity contribution in [2.45, 2.75) is 0 Å². The van der Waals surface area contributed by atoms with Gasteiger partial charge in [-0.15, -0.1) is 24.8 Å². The normalized spacial score (nSPS) is 7.82. The first-order valence-corrected chi connectivity index (χ1v) is 2.67. The van der Waals surface area contributed by atoms with Crippen molar-refractivity contribution in [1.29, 1.82) is 0 Å². The van der Waals surface area contributed by atoms with Crippen LogP contribution in [-0.4, -0.2) is 5.11 Å². The van der Waals surface area contributed by atoms with Gasteiger partial charge in [-0.25, -0.2) is 0 Å². The molecular formula is C6H12Cl2N2O+2. The number of rotatable bonds is 0. The summed E-state index contributed by atoms with van der Waals surface area (Å²) in [5, 5.41) is 8.95. The van der Waals surface area contributed by atoms with Gasteiger partial charge in [-0.3, -0.25) is 0 Å². The predicted octanol–water partition coefficient (Wildman–Crippen LogP) is -0.0174. The Hall–Kier alpha value is -0.480. The Morgan fingerprint density at radius 1 is 1.09 bits per heavy atom. The quantitative estimate of drug-likeness (QED) is 0.539. The van der Waals surface area contributed by atoms with Crippen LogP contribution in [0.2, 0.25) is 0 Å². The van der Waals surface area contributed by atoms with E-state index in [1.807, 2.05) is 0 Å². The number of phenolic OH excluding ortho intramolecular Hbond substituents is 1. The van der Waals surface area contributed by atoms with Gasteiger partial charge in [-0.2, -0.15) is 0 Å². The first-order valence-electron chi connectivity index (χ1n) is 2.67. The van der Waals surface area contributed by atoms with Crippen LogP contribution in [-0.2, 0) is 0 Å². The molecule has 0 radical (unpaired) electrons. The molecule has 64 valence electrons. The summed E-state index contributed by atoms with van der Waals surface area (Å²) in [6.07, 6.45) is 0. The summed E-state index contributed by atoms with van der Waals surface area (Å²) >= 11 is 0. The number of benzene rings is 1. The van der Waals surface area contributed by atoms with Gasteiger partial charge in [-0.05, 0) is 6.07 Å². The van der Waals surface area contributed by atoms with Crippen molar-refractivity contribution in [2.75, 3.05) is 0 Å². The van der Waals surface area contributed by atoms with Crippen molar-refractivity contribution < 1.29 is 16.6 Å². The Morgan fingerprint density at radius 3 is 2.00 bits per heavy atom. The summed E-state index contributed by atoms with van der Waals surface area (Å²) < 4.78 is 0. The van der Waals surface area contributed by atoms with Crippen molar-refractivity contribution in [3.05, 3.63) is 18.2 Å². The van der Waals surface area contributed by atoms with Gasteiger partial charge in [0.15, 0.2) is 11.4 Å². The van der Waals surface area contributed by atoms with Crippen LogP contribution >= 0.6 is 24.8 Å². The second-order valence-electron chi connectivity index (χ2n) is 1.96. The molecule has 0 heterocycles. The van der Waals surface area contributed by atoms with Gasteiger partial charge in [0.1, 0.15) is 5.69 Å². The minimum absolute atomic E-state index is 0. The molecule has 0 bridgehead atoms. The van der Waals surface area contributed by atoms with E-state index in [0.717, 1.165) is 5.69 Å². The summed E-state index contributed by atoms with van der Waals surface area (Å²) in [5.74, 6) is 0.224. The molecule has 0 amide bonds. The zero-order chi connectivity index (χ0) is 6.85. The van der Waals surface area contributed by atoms with E-state index in [2.05, 4.69) is 11.5 Å². The molecule has 1 rings (SSSR count). The van der Waals surface area contributed by atoms with Crippen molar-refractivity contribution in [1.82, 2.24) is 0 Å². The van der Waals surface area contributed by atoms with Gasteiger partial charge in [0.25, 0.3) is 0 Å².